The quantitative estimate of drug-likeness (QED) is 0.477. The Balaban J connectivity index is 2.03. The van der Waals surface area contributed by atoms with Crippen molar-refractivity contribution >= 4 is 29.2 Å². The lowest BCUT2D eigenvalue weighted by Gasteiger charge is -2.11. The fourth-order valence-electron chi connectivity index (χ4n) is 2.07. The van der Waals surface area contributed by atoms with Gasteiger partial charge in [0.1, 0.15) is 5.75 Å². The van der Waals surface area contributed by atoms with Gasteiger partial charge in [0.05, 0.1) is 33.2 Å². The standard InChI is InChI=1S/C17H19N3O3S/c1-21-14-9-5-4-8-13(14)19-17(24)20-18-11-12-7-6-10-15(22-2)16(12)23-3/h4-11H,1-3H3,(H2,19,20,24)/b18-11-. The van der Waals surface area contributed by atoms with Crippen molar-refractivity contribution < 1.29 is 14.2 Å². The van der Waals surface area contributed by atoms with E-state index in [0.29, 0.717) is 22.4 Å². The van der Waals surface area contributed by atoms with Crippen LogP contribution < -0.4 is 25.0 Å². The topological polar surface area (TPSA) is 64.1 Å². The van der Waals surface area contributed by atoms with Gasteiger partial charge in [0.15, 0.2) is 16.6 Å². The highest BCUT2D eigenvalue weighted by Gasteiger charge is 2.07. The fraction of sp³-hybridized carbons (Fsp3) is 0.176. The zero-order chi connectivity index (χ0) is 17.4. The third-order valence-corrected chi connectivity index (χ3v) is 3.35. The number of hydrazone groups is 1. The molecule has 24 heavy (non-hydrogen) atoms. The van der Waals surface area contributed by atoms with Gasteiger partial charge in [0.2, 0.25) is 0 Å². The van der Waals surface area contributed by atoms with Gasteiger partial charge in [-0.15, -0.1) is 0 Å². The Hall–Kier alpha value is -2.80. The molecular weight excluding hydrogens is 326 g/mol. The van der Waals surface area contributed by atoms with E-state index < -0.39 is 0 Å². The molecule has 0 radical (unpaired) electrons. The maximum absolute atomic E-state index is 5.34. The first-order chi connectivity index (χ1) is 11.7. The lowest BCUT2D eigenvalue weighted by Crippen LogP contribution is -2.24. The molecule has 7 heteroatoms. The van der Waals surface area contributed by atoms with Crippen molar-refractivity contribution in [2.24, 2.45) is 5.10 Å². The lowest BCUT2D eigenvalue weighted by atomic mass is 10.2. The molecular formula is C17H19N3O3S. The summed E-state index contributed by atoms with van der Waals surface area (Å²) in [6.45, 7) is 0. The van der Waals surface area contributed by atoms with Gasteiger partial charge in [-0.25, -0.2) is 0 Å². The third kappa shape index (κ3) is 4.36. The number of nitrogens with zero attached hydrogens (tertiary/aromatic N) is 1. The predicted molar refractivity (Wildman–Crippen MR) is 99.5 cm³/mol. The van der Waals surface area contributed by atoms with E-state index in [2.05, 4.69) is 15.8 Å². The average molecular weight is 345 g/mol. The SMILES string of the molecule is COc1ccccc1NC(=S)N/N=C\c1cccc(OC)c1OC. The Labute approximate surface area is 146 Å². The molecule has 6 nitrogen and oxygen atoms in total. The Morgan fingerprint density at radius 2 is 1.67 bits per heavy atom. The van der Waals surface area contributed by atoms with E-state index in [0.717, 1.165) is 11.3 Å². The van der Waals surface area contributed by atoms with Crippen LogP contribution in [0.1, 0.15) is 5.56 Å². The molecule has 2 aromatic carbocycles. The number of rotatable bonds is 6. The van der Waals surface area contributed by atoms with Crippen LogP contribution in [0.4, 0.5) is 5.69 Å². The molecule has 0 aromatic heterocycles. The van der Waals surface area contributed by atoms with Crippen LogP contribution in [0.25, 0.3) is 0 Å². The summed E-state index contributed by atoms with van der Waals surface area (Å²) < 4.78 is 15.8. The van der Waals surface area contributed by atoms with E-state index in [4.69, 9.17) is 26.4 Å². The lowest BCUT2D eigenvalue weighted by molar-refractivity contribution is 0.354. The molecule has 0 heterocycles. The van der Waals surface area contributed by atoms with Gasteiger partial charge in [0, 0.05) is 5.56 Å². The molecule has 0 saturated carbocycles. The summed E-state index contributed by atoms with van der Waals surface area (Å²) in [5.74, 6) is 1.94. The minimum absolute atomic E-state index is 0.345. The Morgan fingerprint density at radius 1 is 0.958 bits per heavy atom. The summed E-state index contributed by atoms with van der Waals surface area (Å²) in [5, 5.41) is 7.49. The minimum Gasteiger partial charge on any atom is -0.495 e. The van der Waals surface area contributed by atoms with E-state index in [-0.39, 0.29) is 0 Å². The summed E-state index contributed by atoms with van der Waals surface area (Å²) in [5.41, 5.74) is 4.28. The van der Waals surface area contributed by atoms with Crippen molar-refractivity contribution in [1.29, 1.82) is 0 Å². The second-order valence-corrected chi connectivity index (χ2v) is 5.02. The number of anilines is 1. The Bertz CT molecular complexity index is 735. The van der Waals surface area contributed by atoms with Crippen LogP contribution in [0, 0.1) is 0 Å². The minimum atomic E-state index is 0.345. The van der Waals surface area contributed by atoms with Crippen molar-refractivity contribution in [3.8, 4) is 17.2 Å². The van der Waals surface area contributed by atoms with Crippen molar-refractivity contribution in [2.45, 2.75) is 0 Å². The first-order valence-corrected chi connectivity index (χ1v) is 7.54. The third-order valence-electron chi connectivity index (χ3n) is 3.16. The first kappa shape index (κ1) is 17.6. The maximum atomic E-state index is 5.34. The van der Waals surface area contributed by atoms with Gasteiger partial charge in [-0.2, -0.15) is 5.10 Å². The van der Waals surface area contributed by atoms with Crippen LogP contribution in [0.15, 0.2) is 47.6 Å². The molecule has 0 spiro atoms. The maximum Gasteiger partial charge on any atom is 0.191 e. The number of hydrogen-bond donors (Lipinski definition) is 2. The van der Waals surface area contributed by atoms with Gasteiger partial charge in [0.25, 0.3) is 0 Å². The largest absolute Gasteiger partial charge is 0.495 e. The molecule has 0 bridgehead atoms. The number of methoxy groups -OCH3 is 3. The number of thiocarbonyl (C=S) groups is 1. The highest BCUT2D eigenvalue weighted by molar-refractivity contribution is 7.80. The van der Waals surface area contributed by atoms with Crippen LogP contribution in [-0.2, 0) is 0 Å². The second kappa shape index (κ2) is 8.73. The van der Waals surface area contributed by atoms with Crippen LogP contribution >= 0.6 is 12.2 Å². The Kier molecular flexibility index (Phi) is 6.39. The molecule has 126 valence electrons. The summed E-state index contributed by atoms with van der Waals surface area (Å²) in [6.07, 6.45) is 1.61. The summed E-state index contributed by atoms with van der Waals surface area (Å²) in [4.78, 5) is 0. The number of nitrogens with one attached hydrogen (secondary N) is 2. The highest BCUT2D eigenvalue weighted by Crippen LogP contribution is 2.29. The van der Waals surface area contributed by atoms with Crippen LogP contribution in [0.3, 0.4) is 0 Å². The molecule has 0 aliphatic heterocycles. The summed E-state index contributed by atoms with van der Waals surface area (Å²) >= 11 is 5.22. The molecule has 0 amide bonds. The predicted octanol–water partition coefficient (Wildman–Crippen LogP) is 3.03. The van der Waals surface area contributed by atoms with Crippen molar-refractivity contribution in [2.75, 3.05) is 26.6 Å². The molecule has 0 aliphatic rings. The van der Waals surface area contributed by atoms with E-state index in [1.807, 2.05) is 42.5 Å². The van der Waals surface area contributed by atoms with Gasteiger partial charge in [-0.3, -0.25) is 5.43 Å². The van der Waals surface area contributed by atoms with Crippen LogP contribution in [0.2, 0.25) is 0 Å². The number of hydrogen-bond acceptors (Lipinski definition) is 5. The van der Waals surface area contributed by atoms with Crippen molar-refractivity contribution in [1.82, 2.24) is 5.43 Å². The van der Waals surface area contributed by atoms with Crippen LogP contribution in [0.5, 0.6) is 17.2 Å². The summed E-state index contributed by atoms with van der Waals surface area (Å²) in [6, 6.07) is 13.0. The average Bonchev–Trinajstić information content (AvgIpc) is 2.61. The van der Waals surface area contributed by atoms with Crippen molar-refractivity contribution in [3.05, 3.63) is 48.0 Å². The molecule has 2 rings (SSSR count). The monoisotopic (exact) mass is 345 g/mol. The molecule has 0 atom stereocenters. The van der Waals surface area contributed by atoms with Gasteiger partial charge in [-0.05, 0) is 36.5 Å². The first-order valence-electron chi connectivity index (χ1n) is 7.13. The summed E-state index contributed by atoms with van der Waals surface area (Å²) in [7, 11) is 4.77. The fourth-order valence-corrected chi connectivity index (χ4v) is 2.23. The van der Waals surface area contributed by atoms with E-state index in [9.17, 15) is 0 Å². The second-order valence-electron chi connectivity index (χ2n) is 4.61. The van der Waals surface area contributed by atoms with E-state index in [1.54, 1.807) is 27.5 Å². The zero-order valence-corrected chi connectivity index (χ0v) is 14.5. The molecule has 2 N–H and O–H groups in total. The normalized spacial score (nSPS) is 10.3. The number of para-hydroxylation sites is 3. The van der Waals surface area contributed by atoms with Gasteiger partial charge >= 0.3 is 0 Å². The van der Waals surface area contributed by atoms with E-state index >= 15 is 0 Å². The van der Waals surface area contributed by atoms with Gasteiger partial charge < -0.3 is 19.5 Å². The molecule has 0 aliphatic carbocycles. The zero-order valence-electron chi connectivity index (χ0n) is 13.7. The molecule has 0 unspecified atom stereocenters. The highest BCUT2D eigenvalue weighted by atomic mass is 32.1. The molecule has 0 fully saturated rings. The molecule has 0 saturated heterocycles. The van der Waals surface area contributed by atoms with E-state index in [1.165, 1.54) is 0 Å². The Morgan fingerprint density at radius 3 is 2.38 bits per heavy atom. The smallest absolute Gasteiger partial charge is 0.191 e. The number of ether oxygens (including phenoxy) is 3. The number of benzene rings is 2. The van der Waals surface area contributed by atoms with Crippen LogP contribution in [-0.4, -0.2) is 32.7 Å². The molecule has 2 aromatic rings. The van der Waals surface area contributed by atoms with Gasteiger partial charge in [-0.1, -0.05) is 18.2 Å². The van der Waals surface area contributed by atoms with Crippen molar-refractivity contribution in [3.63, 3.8) is 0 Å².